The number of para-hydroxylation sites is 4. The molecule has 7 heteroatoms. The number of benzene rings is 4. The summed E-state index contributed by atoms with van der Waals surface area (Å²) in [5.74, 6) is 0.0579. The summed E-state index contributed by atoms with van der Waals surface area (Å²) in [7, 11) is 0. The molecule has 1 aromatic heterocycles. The Morgan fingerprint density at radius 1 is 0.771 bits per heavy atom. The standard InChI is InChI=1S/C28H19N3O2S2/c32-26(31-22-14-6-8-16-24(22)35-25-17-9-7-15-23(25)31)18-34-28-29-21-13-5-4-12-20(21)27(33)30(28)19-10-2-1-3-11-19/h1-17H,18H2. The van der Waals surface area contributed by atoms with E-state index < -0.39 is 0 Å². The van der Waals surface area contributed by atoms with E-state index in [1.807, 2.05) is 97.1 Å². The van der Waals surface area contributed by atoms with Crippen molar-refractivity contribution in [2.75, 3.05) is 10.7 Å². The number of rotatable bonds is 4. The zero-order chi connectivity index (χ0) is 23.8. The fourth-order valence-electron chi connectivity index (χ4n) is 4.18. The van der Waals surface area contributed by atoms with Gasteiger partial charge in [-0.25, -0.2) is 4.98 Å². The molecule has 6 rings (SSSR count). The summed E-state index contributed by atoms with van der Waals surface area (Å²) in [6, 6.07) is 32.6. The van der Waals surface area contributed by atoms with Crippen LogP contribution in [0.3, 0.4) is 0 Å². The predicted octanol–water partition coefficient (Wildman–Crippen LogP) is 6.31. The summed E-state index contributed by atoms with van der Waals surface area (Å²) in [6.07, 6.45) is 0. The van der Waals surface area contributed by atoms with Crippen LogP contribution in [0.2, 0.25) is 0 Å². The fraction of sp³-hybridized carbons (Fsp3) is 0.0357. The summed E-state index contributed by atoms with van der Waals surface area (Å²) in [4.78, 5) is 35.7. The molecule has 35 heavy (non-hydrogen) atoms. The second-order valence-corrected chi connectivity index (χ2v) is 9.97. The van der Waals surface area contributed by atoms with Crippen LogP contribution >= 0.6 is 23.5 Å². The summed E-state index contributed by atoms with van der Waals surface area (Å²) in [5.41, 5.74) is 2.92. The largest absolute Gasteiger partial charge is 0.278 e. The van der Waals surface area contributed by atoms with Gasteiger partial charge in [0.05, 0.1) is 33.7 Å². The minimum atomic E-state index is -0.151. The van der Waals surface area contributed by atoms with Crippen LogP contribution in [0.15, 0.2) is 123 Å². The number of thioether (sulfide) groups is 1. The summed E-state index contributed by atoms with van der Waals surface area (Å²) < 4.78 is 1.59. The van der Waals surface area contributed by atoms with Gasteiger partial charge >= 0.3 is 0 Å². The molecule has 0 aliphatic carbocycles. The van der Waals surface area contributed by atoms with Crippen LogP contribution in [0.25, 0.3) is 16.6 Å². The van der Waals surface area contributed by atoms with Gasteiger partial charge < -0.3 is 0 Å². The van der Waals surface area contributed by atoms with Gasteiger partial charge in [-0.2, -0.15) is 0 Å². The molecule has 1 aliphatic heterocycles. The minimum Gasteiger partial charge on any atom is -0.278 e. The van der Waals surface area contributed by atoms with Crippen LogP contribution < -0.4 is 10.5 Å². The molecule has 0 atom stereocenters. The summed E-state index contributed by atoms with van der Waals surface area (Å²) >= 11 is 2.94. The number of nitrogens with zero attached hydrogens (tertiary/aromatic N) is 3. The van der Waals surface area contributed by atoms with Gasteiger partial charge in [0, 0.05) is 9.79 Å². The lowest BCUT2D eigenvalue weighted by Gasteiger charge is -2.31. The van der Waals surface area contributed by atoms with Crippen molar-refractivity contribution in [3.63, 3.8) is 0 Å². The maximum atomic E-state index is 13.7. The van der Waals surface area contributed by atoms with Crippen LogP contribution in [0.1, 0.15) is 0 Å². The average Bonchev–Trinajstić information content (AvgIpc) is 2.91. The van der Waals surface area contributed by atoms with E-state index in [1.54, 1.807) is 27.3 Å². The Kier molecular flexibility index (Phi) is 5.64. The van der Waals surface area contributed by atoms with E-state index in [2.05, 4.69) is 0 Å². The molecule has 5 aromatic rings. The van der Waals surface area contributed by atoms with Gasteiger partial charge in [0.1, 0.15) is 0 Å². The van der Waals surface area contributed by atoms with E-state index in [9.17, 15) is 9.59 Å². The van der Waals surface area contributed by atoms with E-state index in [4.69, 9.17) is 4.98 Å². The molecule has 0 saturated carbocycles. The smallest absolute Gasteiger partial charge is 0.266 e. The number of amides is 1. The third-order valence-corrected chi connectivity index (χ3v) is 7.82. The minimum absolute atomic E-state index is 0.0720. The molecule has 1 aliphatic rings. The Morgan fingerprint density at radius 3 is 2.09 bits per heavy atom. The topological polar surface area (TPSA) is 55.2 Å². The van der Waals surface area contributed by atoms with Crippen molar-refractivity contribution in [1.82, 2.24) is 9.55 Å². The first-order valence-electron chi connectivity index (χ1n) is 11.1. The maximum absolute atomic E-state index is 13.7. The summed E-state index contributed by atoms with van der Waals surface area (Å²) in [5, 5.41) is 1.03. The first-order chi connectivity index (χ1) is 17.2. The van der Waals surface area contributed by atoms with Crippen LogP contribution in [0, 0.1) is 0 Å². The second-order valence-electron chi connectivity index (χ2n) is 7.94. The third-order valence-electron chi connectivity index (χ3n) is 5.77. The predicted molar refractivity (Wildman–Crippen MR) is 142 cm³/mol. The molecule has 0 unspecified atom stereocenters. The lowest BCUT2D eigenvalue weighted by molar-refractivity contribution is -0.115. The Labute approximate surface area is 210 Å². The molecule has 0 radical (unpaired) electrons. The molecule has 0 saturated heterocycles. The number of hydrogen-bond acceptors (Lipinski definition) is 5. The number of hydrogen-bond donors (Lipinski definition) is 0. The Bertz CT molecular complexity index is 1590. The number of carbonyl (C=O) groups is 1. The molecule has 5 nitrogen and oxygen atoms in total. The molecule has 0 N–H and O–H groups in total. The van der Waals surface area contributed by atoms with Crippen molar-refractivity contribution in [2.45, 2.75) is 14.9 Å². The fourth-order valence-corrected chi connectivity index (χ4v) is 6.10. The van der Waals surface area contributed by atoms with Crippen LogP contribution in [-0.4, -0.2) is 21.2 Å². The van der Waals surface area contributed by atoms with Crippen molar-refractivity contribution in [3.05, 3.63) is 113 Å². The first kappa shape index (κ1) is 21.7. The molecule has 4 aromatic carbocycles. The number of aromatic nitrogens is 2. The van der Waals surface area contributed by atoms with Gasteiger partial charge in [-0.3, -0.25) is 19.1 Å². The van der Waals surface area contributed by atoms with Gasteiger partial charge in [-0.15, -0.1) is 0 Å². The molecule has 1 amide bonds. The van der Waals surface area contributed by atoms with Crippen molar-refractivity contribution in [3.8, 4) is 5.69 Å². The highest BCUT2D eigenvalue weighted by molar-refractivity contribution is 8.00. The third kappa shape index (κ3) is 3.92. The highest BCUT2D eigenvalue weighted by Gasteiger charge is 2.28. The van der Waals surface area contributed by atoms with Gasteiger partial charge in [0.25, 0.3) is 5.56 Å². The first-order valence-corrected chi connectivity index (χ1v) is 12.9. The van der Waals surface area contributed by atoms with E-state index in [0.29, 0.717) is 16.1 Å². The quantitative estimate of drug-likeness (QED) is 0.217. The van der Waals surface area contributed by atoms with Crippen molar-refractivity contribution in [2.24, 2.45) is 0 Å². The normalized spacial score (nSPS) is 12.3. The zero-order valence-corrected chi connectivity index (χ0v) is 20.1. The van der Waals surface area contributed by atoms with Gasteiger partial charge in [-0.05, 0) is 48.5 Å². The number of carbonyl (C=O) groups excluding carboxylic acids is 1. The maximum Gasteiger partial charge on any atom is 0.266 e. The SMILES string of the molecule is O=C(CSc1nc2ccccc2c(=O)n1-c1ccccc1)N1c2ccccc2Sc2ccccc21. The van der Waals surface area contributed by atoms with E-state index in [0.717, 1.165) is 26.9 Å². The molecule has 2 heterocycles. The molecule has 170 valence electrons. The second kappa shape index (κ2) is 9.09. The van der Waals surface area contributed by atoms with Crippen molar-refractivity contribution < 1.29 is 4.79 Å². The van der Waals surface area contributed by atoms with Gasteiger partial charge in [-0.1, -0.05) is 78.1 Å². The molecule has 0 bridgehead atoms. The molecule has 0 spiro atoms. The Morgan fingerprint density at radius 2 is 1.37 bits per heavy atom. The highest BCUT2D eigenvalue weighted by atomic mass is 32.2. The monoisotopic (exact) mass is 493 g/mol. The lowest BCUT2D eigenvalue weighted by atomic mass is 10.2. The molecular weight excluding hydrogens is 474 g/mol. The summed E-state index contributed by atoms with van der Waals surface area (Å²) in [6.45, 7) is 0. The van der Waals surface area contributed by atoms with E-state index in [1.165, 1.54) is 11.8 Å². The van der Waals surface area contributed by atoms with Gasteiger partial charge in [0.15, 0.2) is 5.16 Å². The Balaban J connectivity index is 1.40. The Hall–Kier alpha value is -3.81. The van der Waals surface area contributed by atoms with Crippen LogP contribution in [0.4, 0.5) is 11.4 Å². The van der Waals surface area contributed by atoms with Crippen molar-refractivity contribution >= 4 is 51.7 Å². The van der Waals surface area contributed by atoms with Crippen molar-refractivity contribution in [1.29, 1.82) is 0 Å². The molecular formula is C28H19N3O2S2. The highest BCUT2D eigenvalue weighted by Crippen LogP contribution is 2.48. The van der Waals surface area contributed by atoms with E-state index >= 15 is 0 Å². The van der Waals surface area contributed by atoms with Crippen LogP contribution in [-0.2, 0) is 4.79 Å². The van der Waals surface area contributed by atoms with Gasteiger partial charge in [0.2, 0.25) is 5.91 Å². The van der Waals surface area contributed by atoms with E-state index in [-0.39, 0.29) is 17.2 Å². The average molecular weight is 494 g/mol. The lowest BCUT2D eigenvalue weighted by Crippen LogP contribution is -2.30. The zero-order valence-electron chi connectivity index (χ0n) is 18.5. The molecule has 0 fully saturated rings. The van der Waals surface area contributed by atoms with Crippen LogP contribution in [0.5, 0.6) is 0 Å². The number of fused-ring (bicyclic) bond motifs is 3. The number of anilines is 2.